The van der Waals surface area contributed by atoms with Crippen molar-refractivity contribution in [2.75, 3.05) is 13.1 Å². The Morgan fingerprint density at radius 3 is 2.59 bits per heavy atom. The molecule has 1 saturated carbocycles. The zero-order valence-corrected chi connectivity index (χ0v) is 10.1. The van der Waals surface area contributed by atoms with Crippen molar-refractivity contribution in [2.24, 2.45) is 5.73 Å². The molecule has 1 aliphatic rings. The number of rotatable bonds is 5. The Bertz CT molecular complexity index is 346. The summed E-state index contributed by atoms with van der Waals surface area (Å²) in [4.78, 5) is 1.50. The van der Waals surface area contributed by atoms with Crippen LogP contribution in [0.4, 0.5) is 13.2 Å². The van der Waals surface area contributed by atoms with Crippen LogP contribution in [0.15, 0.2) is 16.8 Å². The number of thiophene rings is 1. The van der Waals surface area contributed by atoms with Gasteiger partial charge in [0.25, 0.3) is 0 Å². The van der Waals surface area contributed by atoms with Gasteiger partial charge in [0.2, 0.25) is 0 Å². The lowest BCUT2D eigenvalue weighted by atomic mass is 10.1. The quantitative estimate of drug-likeness (QED) is 0.886. The Hall–Kier alpha value is -0.590. The van der Waals surface area contributed by atoms with E-state index in [1.165, 1.54) is 16.2 Å². The van der Waals surface area contributed by atoms with Gasteiger partial charge >= 0.3 is 6.18 Å². The van der Waals surface area contributed by atoms with Gasteiger partial charge in [0, 0.05) is 18.6 Å². The summed E-state index contributed by atoms with van der Waals surface area (Å²) in [7, 11) is 0. The molecule has 1 fully saturated rings. The highest BCUT2D eigenvalue weighted by Crippen LogP contribution is 2.36. The van der Waals surface area contributed by atoms with Gasteiger partial charge in [-0.1, -0.05) is 0 Å². The molecule has 0 saturated heterocycles. The molecule has 2 rings (SSSR count). The van der Waals surface area contributed by atoms with E-state index >= 15 is 0 Å². The lowest BCUT2D eigenvalue weighted by Crippen LogP contribution is -2.41. The van der Waals surface area contributed by atoms with E-state index < -0.39 is 12.7 Å². The fourth-order valence-electron chi connectivity index (χ4n) is 2.03. The van der Waals surface area contributed by atoms with Crippen molar-refractivity contribution in [2.45, 2.75) is 31.1 Å². The molecule has 0 radical (unpaired) electrons. The Balaban J connectivity index is 2.13. The summed E-state index contributed by atoms with van der Waals surface area (Å²) in [5, 5.41) is 3.75. The highest BCUT2D eigenvalue weighted by Gasteiger charge is 2.41. The van der Waals surface area contributed by atoms with E-state index in [1.807, 2.05) is 16.8 Å². The van der Waals surface area contributed by atoms with E-state index in [0.717, 1.165) is 18.4 Å². The molecule has 1 unspecified atom stereocenters. The van der Waals surface area contributed by atoms with E-state index in [9.17, 15) is 13.2 Å². The molecule has 1 atom stereocenters. The predicted octanol–water partition coefficient (Wildman–Crippen LogP) is 2.77. The maximum atomic E-state index is 12.6. The number of hydrogen-bond donors (Lipinski definition) is 1. The summed E-state index contributed by atoms with van der Waals surface area (Å²) in [5.41, 5.74) is 6.54. The Labute approximate surface area is 102 Å². The zero-order valence-electron chi connectivity index (χ0n) is 9.28. The van der Waals surface area contributed by atoms with Crippen molar-refractivity contribution in [1.29, 1.82) is 0 Å². The molecule has 0 bridgehead atoms. The minimum Gasteiger partial charge on any atom is -0.329 e. The molecule has 6 heteroatoms. The smallest absolute Gasteiger partial charge is 0.329 e. The van der Waals surface area contributed by atoms with Gasteiger partial charge < -0.3 is 5.73 Å². The summed E-state index contributed by atoms with van der Waals surface area (Å²) in [6.45, 7) is -0.640. The SMILES string of the molecule is NCC(c1ccsc1)N(CC(F)(F)F)C1CC1. The summed E-state index contributed by atoms with van der Waals surface area (Å²) < 4.78 is 37.7. The van der Waals surface area contributed by atoms with Gasteiger partial charge in [-0.05, 0) is 35.2 Å². The van der Waals surface area contributed by atoms with E-state index in [1.54, 1.807) is 0 Å². The molecule has 0 aromatic carbocycles. The van der Waals surface area contributed by atoms with Crippen molar-refractivity contribution < 1.29 is 13.2 Å². The third-order valence-electron chi connectivity index (χ3n) is 2.93. The van der Waals surface area contributed by atoms with Crippen LogP contribution in [-0.4, -0.2) is 30.2 Å². The monoisotopic (exact) mass is 264 g/mol. The standard InChI is InChI=1S/C11H15F3N2S/c12-11(13,14)7-16(9-1-2-9)10(5-15)8-3-4-17-6-8/h3-4,6,9-10H,1-2,5,7,15H2. The van der Waals surface area contributed by atoms with Crippen LogP contribution >= 0.6 is 11.3 Å². The number of nitrogens with zero attached hydrogens (tertiary/aromatic N) is 1. The topological polar surface area (TPSA) is 29.3 Å². The first-order chi connectivity index (χ1) is 8.01. The molecular weight excluding hydrogens is 249 g/mol. The fourth-order valence-corrected chi connectivity index (χ4v) is 2.74. The summed E-state index contributed by atoms with van der Waals surface area (Å²) >= 11 is 1.49. The second-order valence-electron chi connectivity index (χ2n) is 4.33. The van der Waals surface area contributed by atoms with Crippen LogP contribution in [0.25, 0.3) is 0 Å². The third-order valence-corrected chi connectivity index (χ3v) is 3.63. The number of alkyl halides is 3. The molecule has 2 nitrogen and oxygen atoms in total. The highest BCUT2D eigenvalue weighted by atomic mass is 32.1. The molecule has 1 aromatic heterocycles. The average Bonchev–Trinajstić information content (AvgIpc) is 2.94. The zero-order chi connectivity index (χ0) is 12.5. The lowest BCUT2D eigenvalue weighted by Gasteiger charge is -2.31. The van der Waals surface area contributed by atoms with Crippen LogP contribution in [-0.2, 0) is 0 Å². The lowest BCUT2D eigenvalue weighted by molar-refractivity contribution is -0.152. The van der Waals surface area contributed by atoms with E-state index in [4.69, 9.17) is 5.73 Å². The fraction of sp³-hybridized carbons (Fsp3) is 0.636. The predicted molar refractivity (Wildman–Crippen MR) is 61.9 cm³/mol. The van der Waals surface area contributed by atoms with Gasteiger partial charge in [-0.2, -0.15) is 24.5 Å². The Morgan fingerprint density at radius 1 is 1.47 bits per heavy atom. The van der Waals surface area contributed by atoms with Crippen LogP contribution < -0.4 is 5.73 Å². The molecule has 0 amide bonds. The molecule has 1 heterocycles. The number of hydrogen-bond acceptors (Lipinski definition) is 3. The summed E-state index contributed by atoms with van der Waals surface area (Å²) in [6, 6.07) is 1.59. The molecule has 0 aliphatic heterocycles. The van der Waals surface area contributed by atoms with Crippen LogP contribution in [0, 0.1) is 0 Å². The third kappa shape index (κ3) is 3.43. The molecule has 2 N–H and O–H groups in total. The number of nitrogens with two attached hydrogens (primary N) is 1. The summed E-state index contributed by atoms with van der Waals surface area (Å²) in [5.74, 6) is 0. The van der Waals surface area contributed by atoms with Crippen molar-refractivity contribution >= 4 is 11.3 Å². The Morgan fingerprint density at radius 2 is 2.18 bits per heavy atom. The van der Waals surface area contributed by atoms with Crippen molar-refractivity contribution in [3.05, 3.63) is 22.4 Å². The van der Waals surface area contributed by atoms with E-state index in [0.29, 0.717) is 0 Å². The second-order valence-corrected chi connectivity index (χ2v) is 5.11. The molecule has 0 spiro atoms. The molecule has 1 aliphatic carbocycles. The molecule has 96 valence electrons. The van der Waals surface area contributed by atoms with Crippen LogP contribution in [0.3, 0.4) is 0 Å². The number of halogens is 3. The van der Waals surface area contributed by atoms with Crippen molar-refractivity contribution in [3.8, 4) is 0 Å². The van der Waals surface area contributed by atoms with E-state index in [2.05, 4.69) is 0 Å². The van der Waals surface area contributed by atoms with Crippen LogP contribution in [0.2, 0.25) is 0 Å². The maximum Gasteiger partial charge on any atom is 0.401 e. The summed E-state index contributed by atoms with van der Waals surface area (Å²) in [6.07, 6.45) is -2.47. The maximum absolute atomic E-state index is 12.6. The second kappa shape index (κ2) is 4.96. The molecule has 1 aromatic rings. The van der Waals surface area contributed by atoms with Gasteiger partial charge in [-0.25, -0.2) is 0 Å². The normalized spacial score (nSPS) is 18.6. The van der Waals surface area contributed by atoms with Gasteiger partial charge in [0.05, 0.1) is 6.54 Å². The largest absolute Gasteiger partial charge is 0.401 e. The van der Waals surface area contributed by atoms with Crippen molar-refractivity contribution in [1.82, 2.24) is 4.90 Å². The average molecular weight is 264 g/mol. The van der Waals surface area contributed by atoms with Gasteiger partial charge in [0.1, 0.15) is 0 Å². The van der Waals surface area contributed by atoms with Crippen molar-refractivity contribution in [3.63, 3.8) is 0 Å². The van der Waals surface area contributed by atoms with Crippen LogP contribution in [0.5, 0.6) is 0 Å². The van der Waals surface area contributed by atoms with Gasteiger partial charge in [-0.3, -0.25) is 4.90 Å². The van der Waals surface area contributed by atoms with Crippen LogP contribution in [0.1, 0.15) is 24.4 Å². The minimum absolute atomic E-state index is 0.0464. The molecule has 17 heavy (non-hydrogen) atoms. The highest BCUT2D eigenvalue weighted by molar-refractivity contribution is 7.07. The van der Waals surface area contributed by atoms with Gasteiger partial charge in [-0.15, -0.1) is 0 Å². The van der Waals surface area contributed by atoms with Gasteiger partial charge in [0.15, 0.2) is 0 Å². The first-order valence-corrected chi connectivity index (χ1v) is 6.50. The molecular formula is C11H15F3N2S. The first-order valence-electron chi connectivity index (χ1n) is 5.56. The minimum atomic E-state index is -4.16. The first kappa shape index (κ1) is 12.9. The Kier molecular flexibility index (Phi) is 3.75. The van der Waals surface area contributed by atoms with E-state index in [-0.39, 0.29) is 18.6 Å².